The topological polar surface area (TPSA) is 74.6 Å². The van der Waals surface area contributed by atoms with E-state index in [1.807, 2.05) is 54.2 Å². The monoisotopic (exact) mass is 311 g/mol. The predicted molar refractivity (Wildman–Crippen MR) is 86.0 cm³/mol. The number of nitrogens with one attached hydrogen (secondary N) is 1. The normalized spacial score (nSPS) is 14.3. The Bertz CT molecular complexity index is 778. The largest absolute Gasteiger partial charge is 0.395 e. The molecule has 0 unspecified atom stereocenters. The van der Waals surface area contributed by atoms with Crippen molar-refractivity contribution < 1.29 is 14.7 Å². The molecule has 6 heteroatoms. The molecule has 2 aromatic rings. The quantitative estimate of drug-likeness (QED) is 0.820. The van der Waals surface area contributed by atoms with E-state index in [9.17, 15) is 9.59 Å². The van der Waals surface area contributed by atoms with Gasteiger partial charge in [-0.15, -0.1) is 0 Å². The van der Waals surface area contributed by atoms with Crippen LogP contribution < -0.4 is 5.32 Å². The molecule has 1 aliphatic rings. The van der Waals surface area contributed by atoms with Gasteiger partial charge in [-0.05, 0) is 36.8 Å². The third kappa shape index (κ3) is 2.89. The Morgan fingerprint density at radius 1 is 1.17 bits per heavy atom. The van der Waals surface area contributed by atoms with Crippen molar-refractivity contribution in [1.29, 1.82) is 0 Å². The highest BCUT2D eigenvalue weighted by atomic mass is 16.3. The zero-order chi connectivity index (χ0) is 16.4. The molecule has 6 nitrogen and oxygen atoms in total. The summed E-state index contributed by atoms with van der Waals surface area (Å²) in [6, 6.07) is 9.60. The molecule has 0 aliphatic carbocycles. The maximum atomic E-state index is 12.1. The standard InChI is InChI=1S/C17H17N3O3/c1-12-4-5-13(10-15(12)19-6-2-3-7-19)18-14-11-16(22)20(8-9-21)17(14)23/h2-7,10-11,18,21H,8-9H2,1H3. The Labute approximate surface area is 133 Å². The first-order valence-corrected chi connectivity index (χ1v) is 7.29. The zero-order valence-electron chi connectivity index (χ0n) is 12.7. The Kier molecular flexibility index (Phi) is 3.99. The number of β-amino-alcohol motifs (C(OH)–C–C–N with tert-alkyl or cyclic N) is 1. The van der Waals surface area contributed by atoms with Crippen molar-refractivity contribution in [1.82, 2.24) is 9.47 Å². The number of carbonyl (C=O) groups excluding carboxylic acids is 2. The first-order chi connectivity index (χ1) is 11.1. The number of aryl methyl sites for hydroxylation is 1. The lowest BCUT2D eigenvalue weighted by Crippen LogP contribution is -2.34. The zero-order valence-corrected chi connectivity index (χ0v) is 12.7. The molecule has 0 saturated carbocycles. The van der Waals surface area contributed by atoms with Crippen LogP contribution in [0.25, 0.3) is 5.69 Å². The van der Waals surface area contributed by atoms with Crippen LogP contribution in [0.15, 0.2) is 54.5 Å². The van der Waals surface area contributed by atoms with Gasteiger partial charge in [-0.3, -0.25) is 14.5 Å². The minimum atomic E-state index is -0.424. The molecule has 1 aromatic carbocycles. The summed E-state index contributed by atoms with van der Waals surface area (Å²) in [5, 5.41) is 11.9. The first kappa shape index (κ1) is 15.1. The van der Waals surface area contributed by atoms with Crippen molar-refractivity contribution in [3.8, 4) is 5.69 Å². The van der Waals surface area contributed by atoms with Crippen LogP contribution in [-0.2, 0) is 9.59 Å². The fraction of sp³-hybridized carbons (Fsp3) is 0.176. The predicted octanol–water partition coefficient (Wildman–Crippen LogP) is 1.44. The number of amides is 2. The number of carbonyl (C=O) groups is 2. The molecule has 0 radical (unpaired) electrons. The van der Waals surface area contributed by atoms with Crippen LogP contribution in [-0.4, -0.2) is 39.5 Å². The van der Waals surface area contributed by atoms with Crippen molar-refractivity contribution in [3.05, 3.63) is 60.1 Å². The van der Waals surface area contributed by atoms with E-state index in [0.29, 0.717) is 0 Å². The van der Waals surface area contributed by atoms with E-state index in [-0.39, 0.29) is 18.8 Å². The molecule has 1 aliphatic heterocycles. The van der Waals surface area contributed by atoms with Gasteiger partial charge in [-0.25, -0.2) is 0 Å². The van der Waals surface area contributed by atoms with Gasteiger partial charge in [-0.1, -0.05) is 6.07 Å². The van der Waals surface area contributed by atoms with Gasteiger partial charge < -0.3 is 15.0 Å². The van der Waals surface area contributed by atoms with E-state index in [0.717, 1.165) is 21.8 Å². The lowest BCUT2D eigenvalue weighted by atomic mass is 10.1. The van der Waals surface area contributed by atoms with E-state index in [1.165, 1.54) is 6.08 Å². The highest BCUT2D eigenvalue weighted by Crippen LogP contribution is 2.22. The molecule has 0 saturated heterocycles. The SMILES string of the molecule is Cc1ccc(NC2=CC(=O)N(CCO)C2=O)cc1-n1cccc1. The molecule has 2 heterocycles. The average molecular weight is 311 g/mol. The molecular formula is C17H17N3O3. The summed E-state index contributed by atoms with van der Waals surface area (Å²) in [7, 11) is 0. The maximum Gasteiger partial charge on any atom is 0.277 e. The van der Waals surface area contributed by atoms with Crippen LogP contribution in [0.1, 0.15) is 5.56 Å². The van der Waals surface area contributed by atoms with E-state index in [4.69, 9.17) is 5.11 Å². The number of hydrogen-bond donors (Lipinski definition) is 2. The molecule has 0 atom stereocenters. The van der Waals surface area contributed by atoms with E-state index >= 15 is 0 Å². The highest BCUT2D eigenvalue weighted by molar-refractivity contribution is 6.17. The van der Waals surface area contributed by atoms with Crippen LogP contribution in [0, 0.1) is 6.92 Å². The number of benzene rings is 1. The van der Waals surface area contributed by atoms with Crippen molar-refractivity contribution in [3.63, 3.8) is 0 Å². The number of aliphatic hydroxyl groups is 1. The van der Waals surface area contributed by atoms with Crippen LogP contribution in [0.3, 0.4) is 0 Å². The van der Waals surface area contributed by atoms with E-state index < -0.39 is 11.8 Å². The molecule has 0 fully saturated rings. The Morgan fingerprint density at radius 3 is 2.61 bits per heavy atom. The van der Waals surface area contributed by atoms with Crippen LogP contribution in [0.5, 0.6) is 0 Å². The molecule has 1 aromatic heterocycles. The van der Waals surface area contributed by atoms with Crippen molar-refractivity contribution >= 4 is 17.5 Å². The van der Waals surface area contributed by atoms with Gasteiger partial charge in [0.2, 0.25) is 0 Å². The Balaban J connectivity index is 1.84. The molecular weight excluding hydrogens is 294 g/mol. The minimum absolute atomic E-state index is 0.00185. The summed E-state index contributed by atoms with van der Waals surface area (Å²) in [5.41, 5.74) is 3.02. The van der Waals surface area contributed by atoms with Crippen LogP contribution in [0.2, 0.25) is 0 Å². The molecule has 3 rings (SSSR count). The first-order valence-electron chi connectivity index (χ1n) is 7.29. The summed E-state index contributed by atoms with van der Waals surface area (Å²) in [6.45, 7) is 1.76. The minimum Gasteiger partial charge on any atom is -0.395 e. The molecule has 118 valence electrons. The number of aliphatic hydroxyl groups excluding tert-OH is 1. The van der Waals surface area contributed by atoms with Gasteiger partial charge in [0.25, 0.3) is 11.8 Å². The second kappa shape index (κ2) is 6.10. The number of imide groups is 1. The van der Waals surface area contributed by atoms with Crippen LogP contribution in [0.4, 0.5) is 5.69 Å². The second-order valence-electron chi connectivity index (χ2n) is 5.29. The van der Waals surface area contributed by atoms with Crippen molar-refractivity contribution in [2.75, 3.05) is 18.5 Å². The number of anilines is 1. The summed E-state index contributed by atoms with van der Waals surface area (Å²) < 4.78 is 1.98. The average Bonchev–Trinajstić information content (AvgIpc) is 3.14. The maximum absolute atomic E-state index is 12.1. The third-order valence-corrected chi connectivity index (χ3v) is 3.70. The summed E-state index contributed by atoms with van der Waals surface area (Å²) in [4.78, 5) is 24.9. The molecule has 2 N–H and O–H groups in total. The van der Waals surface area contributed by atoms with E-state index in [1.54, 1.807) is 0 Å². The Morgan fingerprint density at radius 2 is 1.91 bits per heavy atom. The summed E-state index contributed by atoms with van der Waals surface area (Å²) in [5.74, 6) is -0.837. The van der Waals surface area contributed by atoms with Gasteiger partial charge >= 0.3 is 0 Å². The van der Waals surface area contributed by atoms with Gasteiger partial charge in [-0.2, -0.15) is 0 Å². The number of rotatable bonds is 5. The van der Waals surface area contributed by atoms with Crippen molar-refractivity contribution in [2.45, 2.75) is 6.92 Å². The molecule has 0 bridgehead atoms. The number of nitrogens with zero attached hydrogens (tertiary/aromatic N) is 2. The van der Waals surface area contributed by atoms with Gasteiger partial charge in [0.1, 0.15) is 5.70 Å². The second-order valence-corrected chi connectivity index (χ2v) is 5.29. The fourth-order valence-electron chi connectivity index (χ4n) is 2.53. The number of aromatic nitrogens is 1. The third-order valence-electron chi connectivity index (χ3n) is 3.70. The fourth-order valence-corrected chi connectivity index (χ4v) is 2.53. The molecule has 2 amide bonds. The lowest BCUT2D eigenvalue weighted by molar-refractivity contribution is -0.137. The summed E-state index contributed by atoms with van der Waals surface area (Å²) >= 11 is 0. The summed E-state index contributed by atoms with van der Waals surface area (Å²) in [6.07, 6.45) is 5.14. The lowest BCUT2D eigenvalue weighted by Gasteiger charge is -2.14. The van der Waals surface area contributed by atoms with Crippen LogP contribution >= 0.6 is 0 Å². The highest BCUT2D eigenvalue weighted by Gasteiger charge is 2.30. The van der Waals surface area contributed by atoms with Gasteiger partial charge in [0.05, 0.1) is 13.2 Å². The van der Waals surface area contributed by atoms with E-state index in [2.05, 4.69) is 5.32 Å². The van der Waals surface area contributed by atoms with Gasteiger partial charge in [0, 0.05) is 29.8 Å². The molecule has 0 spiro atoms. The van der Waals surface area contributed by atoms with Gasteiger partial charge in [0.15, 0.2) is 0 Å². The molecule has 23 heavy (non-hydrogen) atoms. The smallest absolute Gasteiger partial charge is 0.277 e. The Hall–Kier alpha value is -2.86. The van der Waals surface area contributed by atoms with Crippen molar-refractivity contribution in [2.24, 2.45) is 0 Å². The number of hydrogen-bond acceptors (Lipinski definition) is 4.